The lowest BCUT2D eigenvalue weighted by Gasteiger charge is -2.07. The Morgan fingerprint density at radius 3 is 2.73 bits per heavy atom. The number of hydrogen-bond donors (Lipinski definition) is 2. The second-order valence-corrected chi connectivity index (χ2v) is 2.83. The summed E-state index contributed by atoms with van der Waals surface area (Å²) in [6, 6.07) is 3.09. The molecule has 0 aliphatic heterocycles. The van der Waals surface area contributed by atoms with Crippen molar-refractivity contribution in [1.29, 1.82) is 0 Å². The third-order valence-electron chi connectivity index (χ3n) is 1.79. The van der Waals surface area contributed by atoms with Gasteiger partial charge in [-0.05, 0) is 30.6 Å². The second kappa shape index (κ2) is 4.90. The molecule has 4 nitrogen and oxygen atoms in total. The average Bonchev–Trinajstić information content (AvgIpc) is 2.17. The minimum atomic E-state index is -1.90. The lowest BCUT2D eigenvalue weighted by Crippen LogP contribution is -2.35. The first-order valence-corrected chi connectivity index (χ1v) is 4.39. The summed E-state index contributed by atoms with van der Waals surface area (Å²) >= 11 is 0. The van der Waals surface area contributed by atoms with Crippen LogP contribution in [0, 0.1) is 5.82 Å². The van der Waals surface area contributed by atoms with E-state index in [0.29, 0.717) is 0 Å². The molecule has 0 spiro atoms. The largest absolute Gasteiger partial charge is 0.489 e. The Morgan fingerprint density at radius 2 is 2.20 bits per heavy atom. The molecular weight excluding hydrogens is 202 g/mol. The zero-order chi connectivity index (χ0) is 11.4. The third-order valence-corrected chi connectivity index (χ3v) is 1.79. The molecule has 0 radical (unpaired) electrons. The number of halogens is 1. The third kappa shape index (κ3) is 2.77. The van der Waals surface area contributed by atoms with Gasteiger partial charge >= 0.3 is 13.1 Å². The van der Waals surface area contributed by atoms with Crippen molar-refractivity contribution >= 4 is 18.6 Å². The fourth-order valence-corrected chi connectivity index (χ4v) is 1.14. The lowest BCUT2D eigenvalue weighted by atomic mass is 9.77. The highest BCUT2D eigenvalue weighted by atomic mass is 19.1. The van der Waals surface area contributed by atoms with Crippen molar-refractivity contribution in [3.63, 3.8) is 0 Å². The zero-order valence-corrected chi connectivity index (χ0v) is 8.11. The number of ether oxygens (including phenoxy) is 1. The molecule has 0 aromatic heterocycles. The Bertz CT molecular complexity index is 367. The van der Waals surface area contributed by atoms with E-state index in [4.69, 9.17) is 10.0 Å². The molecule has 0 heterocycles. The monoisotopic (exact) mass is 212 g/mol. The summed E-state index contributed by atoms with van der Waals surface area (Å²) < 4.78 is 17.5. The average molecular weight is 212 g/mol. The summed E-state index contributed by atoms with van der Waals surface area (Å²) in [7, 11) is -1.90. The molecule has 1 rings (SSSR count). The van der Waals surface area contributed by atoms with E-state index in [1.54, 1.807) is 6.92 Å². The van der Waals surface area contributed by atoms with Crippen molar-refractivity contribution < 1.29 is 24.0 Å². The summed E-state index contributed by atoms with van der Waals surface area (Å²) in [5.74, 6) is -1.35. The van der Waals surface area contributed by atoms with Crippen LogP contribution in [0.15, 0.2) is 18.2 Å². The van der Waals surface area contributed by atoms with Crippen LogP contribution in [-0.2, 0) is 4.74 Å². The highest BCUT2D eigenvalue weighted by molar-refractivity contribution is 6.60. The highest BCUT2D eigenvalue weighted by Gasteiger charge is 2.21. The van der Waals surface area contributed by atoms with Crippen LogP contribution < -0.4 is 5.46 Å². The number of hydrogen-bond acceptors (Lipinski definition) is 4. The van der Waals surface area contributed by atoms with Gasteiger partial charge in [0.25, 0.3) is 0 Å². The lowest BCUT2D eigenvalue weighted by molar-refractivity contribution is 0.0527. The van der Waals surface area contributed by atoms with Crippen molar-refractivity contribution in [2.75, 3.05) is 6.61 Å². The second-order valence-electron chi connectivity index (χ2n) is 2.83. The highest BCUT2D eigenvalue weighted by Crippen LogP contribution is 2.03. The molecule has 0 atom stereocenters. The van der Waals surface area contributed by atoms with Crippen molar-refractivity contribution in [3.05, 3.63) is 29.6 Å². The molecule has 0 amide bonds. The Labute approximate surface area is 86.4 Å². The smallest absolute Gasteiger partial charge is 0.462 e. The van der Waals surface area contributed by atoms with E-state index in [9.17, 15) is 9.18 Å². The van der Waals surface area contributed by atoms with E-state index in [2.05, 4.69) is 4.74 Å². The van der Waals surface area contributed by atoms with Crippen LogP contribution in [0.25, 0.3) is 0 Å². The molecule has 0 unspecified atom stereocenters. The van der Waals surface area contributed by atoms with E-state index in [1.165, 1.54) is 0 Å². The van der Waals surface area contributed by atoms with Gasteiger partial charge < -0.3 is 14.8 Å². The van der Waals surface area contributed by atoms with E-state index in [0.717, 1.165) is 18.2 Å². The zero-order valence-electron chi connectivity index (χ0n) is 8.11. The van der Waals surface area contributed by atoms with Gasteiger partial charge in [-0.3, -0.25) is 0 Å². The van der Waals surface area contributed by atoms with Crippen LogP contribution in [0.5, 0.6) is 0 Å². The summed E-state index contributed by atoms with van der Waals surface area (Å²) in [6.07, 6.45) is 0. The van der Waals surface area contributed by atoms with Gasteiger partial charge in [-0.2, -0.15) is 0 Å². The SMILES string of the molecule is CCOC(=O)c1ccc(F)cc1B(O)O. The van der Waals surface area contributed by atoms with E-state index < -0.39 is 18.9 Å². The fraction of sp³-hybridized carbons (Fsp3) is 0.222. The summed E-state index contributed by atoms with van der Waals surface area (Å²) in [5.41, 5.74) is -0.248. The Kier molecular flexibility index (Phi) is 3.82. The van der Waals surface area contributed by atoms with Gasteiger partial charge in [-0.15, -0.1) is 0 Å². The predicted octanol–water partition coefficient (Wildman–Crippen LogP) is -0.318. The van der Waals surface area contributed by atoms with Crippen molar-refractivity contribution in [2.45, 2.75) is 6.92 Å². The quantitative estimate of drug-likeness (QED) is 0.532. The summed E-state index contributed by atoms with van der Waals surface area (Å²) in [6.45, 7) is 1.79. The van der Waals surface area contributed by atoms with Crippen molar-refractivity contribution in [2.24, 2.45) is 0 Å². The van der Waals surface area contributed by atoms with Crippen LogP contribution in [0.4, 0.5) is 4.39 Å². The molecule has 2 N–H and O–H groups in total. The van der Waals surface area contributed by atoms with Crippen LogP contribution >= 0.6 is 0 Å². The number of rotatable bonds is 3. The number of esters is 1. The van der Waals surface area contributed by atoms with E-state index >= 15 is 0 Å². The Hall–Kier alpha value is -1.40. The van der Waals surface area contributed by atoms with Crippen LogP contribution in [0.3, 0.4) is 0 Å². The molecular formula is C9H10BFO4. The van der Waals surface area contributed by atoms with Crippen LogP contribution in [-0.4, -0.2) is 29.7 Å². The minimum Gasteiger partial charge on any atom is -0.462 e. The van der Waals surface area contributed by atoms with Crippen molar-refractivity contribution in [1.82, 2.24) is 0 Å². The van der Waals surface area contributed by atoms with Gasteiger partial charge in [0, 0.05) is 0 Å². The van der Waals surface area contributed by atoms with Gasteiger partial charge in [-0.1, -0.05) is 0 Å². The Balaban J connectivity index is 3.11. The molecule has 0 saturated carbocycles. The normalized spacial score (nSPS) is 9.87. The molecule has 0 fully saturated rings. The standard InChI is InChI=1S/C9H10BFO4/c1-2-15-9(12)7-4-3-6(11)5-8(7)10(13)14/h3-5,13-14H,2H2,1H3. The summed E-state index contributed by atoms with van der Waals surface area (Å²) in [4.78, 5) is 11.3. The number of carbonyl (C=O) groups is 1. The van der Waals surface area contributed by atoms with Gasteiger partial charge in [-0.25, -0.2) is 9.18 Å². The first-order chi connectivity index (χ1) is 7.06. The van der Waals surface area contributed by atoms with Crippen molar-refractivity contribution in [3.8, 4) is 0 Å². The van der Waals surface area contributed by atoms with E-state index in [1.807, 2.05) is 0 Å². The van der Waals surface area contributed by atoms with Crippen LogP contribution in [0.1, 0.15) is 17.3 Å². The maximum atomic E-state index is 12.8. The molecule has 1 aromatic carbocycles. The first kappa shape index (κ1) is 11.7. The summed E-state index contributed by atoms with van der Waals surface area (Å²) in [5, 5.41) is 17.9. The molecule has 80 valence electrons. The minimum absolute atomic E-state index is 0.0479. The molecule has 0 saturated heterocycles. The molecule has 6 heteroatoms. The topological polar surface area (TPSA) is 66.8 Å². The van der Waals surface area contributed by atoms with Gasteiger partial charge in [0.1, 0.15) is 5.82 Å². The fourth-order valence-electron chi connectivity index (χ4n) is 1.14. The van der Waals surface area contributed by atoms with Gasteiger partial charge in [0.2, 0.25) is 0 Å². The first-order valence-electron chi connectivity index (χ1n) is 4.39. The predicted molar refractivity (Wildman–Crippen MR) is 52.2 cm³/mol. The molecule has 1 aromatic rings. The number of carbonyl (C=O) groups excluding carboxylic acids is 1. The Morgan fingerprint density at radius 1 is 1.53 bits per heavy atom. The van der Waals surface area contributed by atoms with Crippen LogP contribution in [0.2, 0.25) is 0 Å². The maximum absolute atomic E-state index is 12.8. The molecule has 15 heavy (non-hydrogen) atoms. The maximum Gasteiger partial charge on any atom is 0.489 e. The van der Waals surface area contributed by atoms with Gasteiger partial charge in [0.15, 0.2) is 0 Å². The number of benzene rings is 1. The van der Waals surface area contributed by atoms with Gasteiger partial charge in [0.05, 0.1) is 12.2 Å². The molecule has 0 aliphatic carbocycles. The van der Waals surface area contributed by atoms with E-state index in [-0.39, 0.29) is 17.6 Å². The molecule has 0 bridgehead atoms. The molecule has 0 aliphatic rings.